The molecule has 0 aliphatic carbocycles. The SMILES string of the molecule is Nc1nn2c(CSc3ccccc3)nnc2s1. The number of nitrogens with zero attached hydrogens (tertiary/aromatic N) is 4. The van der Waals surface area contributed by atoms with Crippen molar-refractivity contribution in [2.75, 3.05) is 5.73 Å². The summed E-state index contributed by atoms with van der Waals surface area (Å²) in [5, 5.41) is 12.8. The predicted molar refractivity (Wildman–Crippen MR) is 69.1 cm³/mol. The normalized spacial score (nSPS) is 11.1. The first kappa shape index (κ1) is 10.5. The number of aromatic nitrogens is 4. The Hall–Kier alpha value is -1.60. The van der Waals surface area contributed by atoms with Crippen LogP contribution in [0.25, 0.3) is 4.96 Å². The Morgan fingerprint density at radius 3 is 2.88 bits per heavy atom. The van der Waals surface area contributed by atoms with Crippen molar-refractivity contribution in [1.82, 2.24) is 19.8 Å². The second-order valence-electron chi connectivity index (χ2n) is 3.35. The number of hydrogen-bond donors (Lipinski definition) is 1. The third kappa shape index (κ3) is 2.11. The van der Waals surface area contributed by atoms with Gasteiger partial charge in [0, 0.05) is 4.90 Å². The number of hydrogen-bond acceptors (Lipinski definition) is 6. The van der Waals surface area contributed by atoms with Gasteiger partial charge in [-0.3, -0.25) is 0 Å². The summed E-state index contributed by atoms with van der Waals surface area (Å²) in [5.41, 5.74) is 5.62. The zero-order valence-corrected chi connectivity index (χ0v) is 10.4. The van der Waals surface area contributed by atoms with Crippen LogP contribution < -0.4 is 5.73 Å². The molecule has 86 valence electrons. The Balaban J connectivity index is 1.81. The maximum absolute atomic E-state index is 5.62. The van der Waals surface area contributed by atoms with Gasteiger partial charge in [0.25, 0.3) is 0 Å². The maximum Gasteiger partial charge on any atom is 0.236 e. The number of nitrogen functional groups attached to an aromatic ring is 1. The van der Waals surface area contributed by atoms with Gasteiger partial charge in [0.15, 0.2) is 5.82 Å². The standard InChI is InChI=1S/C10H9N5S2/c11-9-14-15-8(12-13-10(15)17-9)6-16-7-4-2-1-3-5-7/h1-5H,6H2,(H2,11,14). The molecule has 0 unspecified atom stereocenters. The molecule has 0 saturated heterocycles. The monoisotopic (exact) mass is 263 g/mol. The fourth-order valence-corrected chi connectivity index (χ4v) is 2.88. The number of rotatable bonds is 3. The topological polar surface area (TPSA) is 69.1 Å². The van der Waals surface area contributed by atoms with E-state index < -0.39 is 0 Å². The zero-order valence-electron chi connectivity index (χ0n) is 8.78. The highest BCUT2D eigenvalue weighted by molar-refractivity contribution is 7.98. The Bertz CT molecular complexity index is 630. The van der Waals surface area contributed by atoms with Gasteiger partial charge >= 0.3 is 0 Å². The van der Waals surface area contributed by atoms with Crippen LogP contribution in [0.4, 0.5) is 5.13 Å². The number of nitrogens with two attached hydrogens (primary N) is 1. The third-order valence-corrected chi connectivity index (χ3v) is 3.92. The van der Waals surface area contributed by atoms with E-state index in [0.29, 0.717) is 5.13 Å². The molecule has 0 bridgehead atoms. The lowest BCUT2D eigenvalue weighted by Crippen LogP contribution is -1.95. The molecular weight excluding hydrogens is 254 g/mol. The van der Waals surface area contributed by atoms with Gasteiger partial charge in [0.2, 0.25) is 10.1 Å². The van der Waals surface area contributed by atoms with Gasteiger partial charge in [-0.25, -0.2) is 0 Å². The van der Waals surface area contributed by atoms with Crippen molar-refractivity contribution in [2.45, 2.75) is 10.6 Å². The Kier molecular flexibility index (Phi) is 2.69. The molecule has 0 aliphatic heterocycles. The molecule has 0 aliphatic rings. The minimum absolute atomic E-state index is 0.515. The van der Waals surface area contributed by atoms with Gasteiger partial charge in [-0.1, -0.05) is 29.5 Å². The number of fused-ring (bicyclic) bond motifs is 1. The van der Waals surface area contributed by atoms with Gasteiger partial charge in [0.1, 0.15) is 0 Å². The summed E-state index contributed by atoms with van der Waals surface area (Å²) >= 11 is 3.04. The quantitative estimate of drug-likeness (QED) is 0.732. The smallest absolute Gasteiger partial charge is 0.236 e. The molecule has 2 heterocycles. The maximum atomic E-state index is 5.62. The first-order valence-corrected chi connectivity index (χ1v) is 6.77. The van der Waals surface area contributed by atoms with Gasteiger partial charge < -0.3 is 5.73 Å². The van der Waals surface area contributed by atoms with Crippen molar-refractivity contribution >= 4 is 33.2 Å². The van der Waals surface area contributed by atoms with E-state index in [4.69, 9.17) is 5.73 Å². The lowest BCUT2D eigenvalue weighted by molar-refractivity contribution is 0.889. The average Bonchev–Trinajstić information content (AvgIpc) is 2.87. The Morgan fingerprint density at radius 2 is 2.06 bits per heavy atom. The molecule has 5 nitrogen and oxygen atoms in total. The first-order valence-electron chi connectivity index (χ1n) is 4.97. The van der Waals surface area contributed by atoms with E-state index in [9.17, 15) is 0 Å². The highest BCUT2D eigenvalue weighted by atomic mass is 32.2. The molecular formula is C10H9N5S2. The van der Waals surface area contributed by atoms with E-state index in [0.717, 1.165) is 16.5 Å². The molecule has 0 saturated carbocycles. The van der Waals surface area contributed by atoms with Crippen molar-refractivity contribution < 1.29 is 0 Å². The molecule has 1 aromatic carbocycles. The molecule has 0 atom stereocenters. The van der Waals surface area contributed by atoms with E-state index in [1.165, 1.54) is 16.2 Å². The summed E-state index contributed by atoms with van der Waals surface area (Å²) in [5.74, 6) is 1.55. The summed E-state index contributed by atoms with van der Waals surface area (Å²) in [7, 11) is 0. The van der Waals surface area contributed by atoms with Crippen molar-refractivity contribution in [2.24, 2.45) is 0 Å². The lowest BCUT2D eigenvalue weighted by Gasteiger charge is -1.98. The van der Waals surface area contributed by atoms with Crippen LogP contribution in [0.3, 0.4) is 0 Å². The van der Waals surface area contributed by atoms with Crippen molar-refractivity contribution in [3.63, 3.8) is 0 Å². The molecule has 0 fully saturated rings. The summed E-state index contributed by atoms with van der Waals surface area (Å²) in [6, 6.07) is 10.2. The minimum Gasteiger partial charge on any atom is -0.374 e. The van der Waals surface area contributed by atoms with Gasteiger partial charge in [-0.2, -0.15) is 4.52 Å². The predicted octanol–water partition coefficient (Wildman–Crippen LogP) is 2.06. The van der Waals surface area contributed by atoms with Crippen LogP contribution in [-0.4, -0.2) is 19.8 Å². The molecule has 2 N–H and O–H groups in total. The number of anilines is 1. The average molecular weight is 263 g/mol. The Labute approximate surface area is 106 Å². The fourth-order valence-electron chi connectivity index (χ4n) is 1.43. The molecule has 0 radical (unpaired) electrons. The largest absolute Gasteiger partial charge is 0.374 e. The molecule has 2 aromatic heterocycles. The summed E-state index contributed by atoms with van der Waals surface area (Å²) < 4.78 is 1.70. The van der Waals surface area contributed by atoms with Gasteiger partial charge in [-0.15, -0.1) is 27.1 Å². The molecule has 17 heavy (non-hydrogen) atoms. The van der Waals surface area contributed by atoms with Crippen LogP contribution in [-0.2, 0) is 5.75 Å². The van der Waals surface area contributed by atoms with E-state index >= 15 is 0 Å². The van der Waals surface area contributed by atoms with Crippen LogP contribution in [0.5, 0.6) is 0 Å². The minimum atomic E-state index is 0.515. The van der Waals surface area contributed by atoms with Crippen molar-refractivity contribution in [3.05, 3.63) is 36.2 Å². The van der Waals surface area contributed by atoms with E-state index in [1.54, 1.807) is 16.3 Å². The second-order valence-corrected chi connectivity index (χ2v) is 5.39. The highest BCUT2D eigenvalue weighted by Crippen LogP contribution is 2.23. The van der Waals surface area contributed by atoms with Crippen molar-refractivity contribution in [1.29, 1.82) is 0 Å². The van der Waals surface area contributed by atoms with Gasteiger partial charge in [-0.05, 0) is 12.1 Å². The number of thioether (sulfide) groups is 1. The van der Waals surface area contributed by atoms with E-state index in [-0.39, 0.29) is 0 Å². The molecule has 0 spiro atoms. The van der Waals surface area contributed by atoms with Crippen LogP contribution in [0, 0.1) is 0 Å². The summed E-state index contributed by atoms with van der Waals surface area (Å²) in [4.78, 5) is 1.94. The van der Waals surface area contributed by atoms with Gasteiger partial charge in [0.05, 0.1) is 5.75 Å². The highest BCUT2D eigenvalue weighted by Gasteiger charge is 2.10. The van der Waals surface area contributed by atoms with Crippen LogP contribution in [0.1, 0.15) is 5.82 Å². The molecule has 7 heteroatoms. The lowest BCUT2D eigenvalue weighted by atomic mass is 10.4. The molecule has 3 aromatic rings. The molecule has 3 rings (SSSR count). The summed E-state index contributed by atoms with van der Waals surface area (Å²) in [6.45, 7) is 0. The first-order chi connectivity index (χ1) is 8.33. The van der Waals surface area contributed by atoms with Crippen LogP contribution >= 0.6 is 23.1 Å². The van der Waals surface area contributed by atoms with E-state index in [2.05, 4.69) is 27.4 Å². The van der Waals surface area contributed by atoms with Crippen molar-refractivity contribution in [3.8, 4) is 0 Å². The zero-order chi connectivity index (χ0) is 11.7. The fraction of sp³-hybridized carbons (Fsp3) is 0.100. The molecule has 0 amide bonds. The number of benzene rings is 1. The van der Waals surface area contributed by atoms with E-state index in [1.807, 2.05) is 18.2 Å². The van der Waals surface area contributed by atoms with Crippen LogP contribution in [0.15, 0.2) is 35.2 Å². The second kappa shape index (κ2) is 4.34. The van der Waals surface area contributed by atoms with Crippen LogP contribution in [0.2, 0.25) is 0 Å². The Morgan fingerprint density at radius 1 is 1.24 bits per heavy atom. The summed E-state index contributed by atoms with van der Waals surface area (Å²) in [6.07, 6.45) is 0. The third-order valence-electron chi connectivity index (χ3n) is 2.18.